The van der Waals surface area contributed by atoms with Gasteiger partial charge in [-0.25, -0.2) is 4.79 Å². The minimum atomic E-state index is -0.543. The Hall–Kier alpha value is -3.29. The molecule has 1 aromatic heterocycles. The van der Waals surface area contributed by atoms with Gasteiger partial charge in [0, 0.05) is 18.8 Å². The lowest BCUT2D eigenvalue weighted by Gasteiger charge is -2.23. The Balaban J connectivity index is 1.55. The summed E-state index contributed by atoms with van der Waals surface area (Å²) in [4.78, 5) is 37.7. The van der Waals surface area contributed by atoms with Gasteiger partial charge in [-0.2, -0.15) is 0 Å². The van der Waals surface area contributed by atoms with Gasteiger partial charge in [-0.15, -0.1) is 0 Å². The van der Waals surface area contributed by atoms with Crippen LogP contribution >= 0.6 is 0 Å². The van der Waals surface area contributed by atoms with Gasteiger partial charge in [-0.05, 0) is 42.7 Å². The first-order valence-electron chi connectivity index (χ1n) is 8.64. The number of carbonyl (C=O) groups is 3. The number of rotatable bonds is 5. The molecule has 1 saturated heterocycles. The number of nitrogens with zero attached hydrogens (tertiary/aromatic N) is 1. The number of hydrogen-bond acceptors (Lipinski definition) is 5. The van der Waals surface area contributed by atoms with Crippen molar-refractivity contribution in [3.8, 4) is 0 Å². The van der Waals surface area contributed by atoms with Gasteiger partial charge < -0.3 is 19.4 Å². The van der Waals surface area contributed by atoms with Crippen LogP contribution in [0.5, 0.6) is 0 Å². The van der Waals surface area contributed by atoms with E-state index in [9.17, 15) is 14.4 Å². The van der Waals surface area contributed by atoms with E-state index in [1.165, 1.54) is 13.4 Å². The Morgan fingerprint density at radius 3 is 2.67 bits per heavy atom. The van der Waals surface area contributed by atoms with Crippen LogP contribution in [0.2, 0.25) is 0 Å². The first kappa shape index (κ1) is 18.5. The number of ether oxygens (including phenoxy) is 1. The maximum absolute atomic E-state index is 12.5. The topological polar surface area (TPSA) is 101 Å². The highest BCUT2D eigenvalue weighted by atomic mass is 16.5. The molecule has 0 radical (unpaired) electrons. The van der Waals surface area contributed by atoms with Crippen molar-refractivity contribution in [3.05, 3.63) is 54.0 Å². The normalized spacial score (nSPS) is 16.0. The molecule has 2 heterocycles. The van der Waals surface area contributed by atoms with Gasteiger partial charge in [0.1, 0.15) is 6.04 Å². The summed E-state index contributed by atoms with van der Waals surface area (Å²) in [7, 11) is 1.29. The zero-order valence-electron chi connectivity index (χ0n) is 14.9. The highest BCUT2D eigenvalue weighted by Crippen LogP contribution is 2.21. The lowest BCUT2D eigenvalue weighted by molar-refractivity contribution is -0.125. The number of hydrogen-bond donors (Lipinski definition) is 2. The summed E-state index contributed by atoms with van der Waals surface area (Å²) in [5.74, 6) is -0.219. The summed E-state index contributed by atoms with van der Waals surface area (Å²) >= 11 is 0. The fourth-order valence-electron chi connectivity index (χ4n) is 3.01. The molecule has 3 rings (SSSR count). The molecule has 0 saturated carbocycles. The van der Waals surface area contributed by atoms with E-state index >= 15 is 0 Å². The van der Waals surface area contributed by atoms with Gasteiger partial charge in [-0.1, -0.05) is 12.1 Å². The van der Waals surface area contributed by atoms with Gasteiger partial charge in [0.15, 0.2) is 5.76 Å². The van der Waals surface area contributed by atoms with E-state index < -0.39 is 12.1 Å². The molecular weight excluding hydrogens is 350 g/mol. The van der Waals surface area contributed by atoms with Crippen molar-refractivity contribution in [1.29, 1.82) is 0 Å². The molecule has 3 amide bonds. The highest BCUT2D eigenvalue weighted by Gasteiger charge is 2.35. The van der Waals surface area contributed by atoms with E-state index in [4.69, 9.17) is 4.42 Å². The number of anilines is 1. The first-order valence-corrected chi connectivity index (χ1v) is 8.64. The molecule has 0 bridgehead atoms. The molecule has 27 heavy (non-hydrogen) atoms. The number of furan rings is 1. The maximum Gasteiger partial charge on any atom is 0.411 e. The second kappa shape index (κ2) is 8.39. The average Bonchev–Trinajstić information content (AvgIpc) is 3.38. The molecule has 0 aliphatic carbocycles. The van der Waals surface area contributed by atoms with Crippen LogP contribution in [0.1, 0.15) is 29.0 Å². The van der Waals surface area contributed by atoms with E-state index in [0.29, 0.717) is 25.2 Å². The van der Waals surface area contributed by atoms with Crippen LogP contribution < -0.4 is 10.6 Å². The maximum atomic E-state index is 12.5. The summed E-state index contributed by atoms with van der Waals surface area (Å²) in [6.07, 6.45) is 2.30. The van der Waals surface area contributed by atoms with Crippen LogP contribution in [0, 0.1) is 0 Å². The van der Waals surface area contributed by atoms with Crippen LogP contribution in [0.25, 0.3) is 0 Å². The number of amides is 3. The minimum absolute atomic E-state index is 0.191. The van der Waals surface area contributed by atoms with Gasteiger partial charge in [-0.3, -0.25) is 14.9 Å². The lowest BCUT2D eigenvalue weighted by Crippen LogP contribution is -2.45. The molecular formula is C19H21N3O5. The highest BCUT2D eigenvalue weighted by molar-refractivity contribution is 5.96. The van der Waals surface area contributed by atoms with Gasteiger partial charge in [0.25, 0.3) is 5.91 Å². The number of carbonyl (C=O) groups excluding carboxylic acids is 3. The summed E-state index contributed by atoms with van der Waals surface area (Å²) in [5, 5.41) is 5.43. The summed E-state index contributed by atoms with van der Waals surface area (Å²) < 4.78 is 9.68. The molecule has 1 atom stereocenters. The molecule has 2 N–H and O–H groups in total. The Bertz CT molecular complexity index is 801. The Kier molecular flexibility index (Phi) is 5.75. The van der Waals surface area contributed by atoms with E-state index in [2.05, 4.69) is 15.4 Å². The standard InChI is InChI=1S/C19H21N3O5/c1-26-19(25)21-14-8-6-13(7-9-14)12-20-17(23)15-4-2-10-22(15)18(24)16-5-3-11-27-16/h3,5-9,11,15H,2,4,10,12H2,1H3,(H,20,23)(H,21,25)/t15-/m0/s1. The Morgan fingerprint density at radius 1 is 1.22 bits per heavy atom. The van der Waals surface area contributed by atoms with Gasteiger partial charge in [0.05, 0.1) is 13.4 Å². The first-order chi connectivity index (χ1) is 13.1. The summed E-state index contributed by atoms with van der Waals surface area (Å²) in [5.41, 5.74) is 1.48. The second-order valence-corrected chi connectivity index (χ2v) is 6.17. The van der Waals surface area contributed by atoms with Crippen LogP contribution in [0.3, 0.4) is 0 Å². The molecule has 1 aromatic carbocycles. The third kappa shape index (κ3) is 4.46. The van der Waals surface area contributed by atoms with Crippen molar-refractivity contribution >= 4 is 23.6 Å². The van der Waals surface area contributed by atoms with E-state index in [-0.39, 0.29) is 17.6 Å². The molecule has 1 aliphatic heterocycles. The van der Waals surface area contributed by atoms with Crippen molar-refractivity contribution in [3.63, 3.8) is 0 Å². The monoisotopic (exact) mass is 371 g/mol. The third-order valence-corrected chi connectivity index (χ3v) is 4.40. The van der Waals surface area contributed by atoms with Crippen molar-refractivity contribution < 1.29 is 23.5 Å². The van der Waals surface area contributed by atoms with Crippen LogP contribution in [0.15, 0.2) is 47.1 Å². The molecule has 0 unspecified atom stereocenters. The summed E-state index contributed by atoms with van der Waals surface area (Å²) in [6, 6.07) is 9.79. The molecule has 142 valence electrons. The fraction of sp³-hybridized carbons (Fsp3) is 0.316. The number of benzene rings is 1. The van der Waals surface area contributed by atoms with Crippen LogP contribution in [-0.2, 0) is 16.1 Å². The Labute approximate surface area is 156 Å². The van der Waals surface area contributed by atoms with Crippen molar-refractivity contribution in [2.45, 2.75) is 25.4 Å². The molecule has 0 spiro atoms. The van der Waals surface area contributed by atoms with Crippen molar-refractivity contribution in [2.24, 2.45) is 0 Å². The SMILES string of the molecule is COC(=O)Nc1ccc(CNC(=O)[C@@H]2CCCN2C(=O)c2ccco2)cc1. The van der Waals surface area contributed by atoms with Crippen LogP contribution in [-0.4, -0.2) is 42.5 Å². The number of methoxy groups -OCH3 is 1. The summed E-state index contributed by atoms with van der Waals surface area (Å²) in [6.45, 7) is 0.863. The predicted molar refractivity (Wildman–Crippen MR) is 97.1 cm³/mol. The molecule has 2 aromatic rings. The van der Waals surface area contributed by atoms with E-state index in [0.717, 1.165) is 12.0 Å². The third-order valence-electron chi connectivity index (χ3n) is 4.40. The zero-order chi connectivity index (χ0) is 19.2. The average molecular weight is 371 g/mol. The lowest BCUT2D eigenvalue weighted by atomic mass is 10.1. The zero-order valence-corrected chi connectivity index (χ0v) is 14.9. The number of likely N-dealkylation sites (tertiary alicyclic amines) is 1. The molecule has 8 heteroatoms. The molecule has 1 fully saturated rings. The van der Waals surface area contributed by atoms with Crippen molar-refractivity contribution in [2.75, 3.05) is 19.0 Å². The smallest absolute Gasteiger partial charge is 0.411 e. The van der Waals surface area contributed by atoms with Crippen molar-refractivity contribution in [1.82, 2.24) is 10.2 Å². The van der Waals surface area contributed by atoms with E-state index in [1.54, 1.807) is 41.3 Å². The molecule has 1 aliphatic rings. The van der Waals surface area contributed by atoms with E-state index in [1.807, 2.05) is 0 Å². The second-order valence-electron chi connectivity index (χ2n) is 6.17. The quantitative estimate of drug-likeness (QED) is 0.840. The fourth-order valence-corrected chi connectivity index (χ4v) is 3.01. The van der Waals surface area contributed by atoms with Gasteiger partial charge >= 0.3 is 6.09 Å². The van der Waals surface area contributed by atoms with Crippen LogP contribution in [0.4, 0.5) is 10.5 Å². The predicted octanol–water partition coefficient (Wildman–Crippen LogP) is 2.38. The number of nitrogens with one attached hydrogen (secondary N) is 2. The van der Waals surface area contributed by atoms with Gasteiger partial charge in [0.2, 0.25) is 5.91 Å². The Morgan fingerprint density at radius 2 is 2.00 bits per heavy atom. The largest absolute Gasteiger partial charge is 0.459 e. The molecule has 8 nitrogen and oxygen atoms in total. The minimum Gasteiger partial charge on any atom is -0.459 e.